The molecule has 0 aliphatic carbocycles. The minimum atomic E-state index is -0.570. The van der Waals surface area contributed by atoms with Crippen molar-refractivity contribution in [3.63, 3.8) is 0 Å². The molecule has 1 N–H and O–H groups in total. The third-order valence-corrected chi connectivity index (χ3v) is 6.40. The maximum Gasteiger partial charge on any atom is 0.260 e. The number of fused-ring (bicyclic) bond motifs is 5. The van der Waals surface area contributed by atoms with E-state index in [1.165, 1.54) is 0 Å². The van der Waals surface area contributed by atoms with Gasteiger partial charge in [-0.15, -0.1) is 0 Å². The zero-order chi connectivity index (χ0) is 24.5. The molecule has 2 aliphatic rings. The van der Waals surface area contributed by atoms with E-state index < -0.39 is 6.17 Å². The van der Waals surface area contributed by atoms with Gasteiger partial charge in [-0.05, 0) is 35.9 Å². The van der Waals surface area contributed by atoms with Crippen LogP contribution in [0.25, 0.3) is 0 Å². The van der Waals surface area contributed by atoms with Crippen LogP contribution in [0.3, 0.4) is 0 Å². The first-order valence-corrected chi connectivity index (χ1v) is 11.3. The number of amides is 3. The van der Waals surface area contributed by atoms with Crippen LogP contribution in [0, 0.1) is 0 Å². The summed E-state index contributed by atoms with van der Waals surface area (Å²) in [5, 5.41) is 2.90. The summed E-state index contributed by atoms with van der Waals surface area (Å²) in [6.45, 7) is 0.487. The van der Waals surface area contributed by atoms with Crippen LogP contribution < -0.4 is 19.7 Å². The van der Waals surface area contributed by atoms with E-state index in [1.807, 2.05) is 36.4 Å². The number of benzene rings is 3. The number of nitrogens with zero attached hydrogens (tertiary/aromatic N) is 2. The minimum absolute atomic E-state index is 0.0991. The Morgan fingerprint density at radius 1 is 0.886 bits per heavy atom. The molecule has 0 bridgehead atoms. The van der Waals surface area contributed by atoms with E-state index in [-0.39, 0.29) is 30.7 Å². The fourth-order valence-electron chi connectivity index (χ4n) is 4.70. The number of nitrogens with one attached hydrogen (secondary N) is 1. The molecule has 2 heterocycles. The van der Waals surface area contributed by atoms with Crippen LogP contribution in [0.15, 0.2) is 66.7 Å². The predicted octanol–water partition coefficient (Wildman–Crippen LogP) is 3.53. The molecule has 0 saturated heterocycles. The molecule has 3 aromatic rings. The van der Waals surface area contributed by atoms with Crippen LogP contribution in [0.2, 0.25) is 0 Å². The Hall–Kier alpha value is -4.33. The Bertz CT molecular complexity index is 1320. The highest BCUT2D eigenvalue weighted by Crippen LogP contribution is 2.45. The maximum atomic E-state index is 13.4. The number of anilines is 1. The monoisotopic (exact) mass is 471 g/mol. The van der Waals surface area contributed by atoms with Gasteiger partial charge >= 0.3 is 0 Å². The number of ether oxygens (including phenoxy) is 2. The first-order chi connectivity index (χ1) is 17.0. The third kappa shape index (κ3) is 3.86. The van der Waals surface area contributed by atoms with E-state index in [0.29, 0.717) is 34.9 Å². The Labute approximate surface area is 203 Å². The molecule has 0 radical (unpaired) electrons. The van der Waals surface area contributed by atoms with Gasteiger partial charge in [-0.1, -0.05) is 36.4 Å². The van der Waals surface area contributed by atoms with Crippen molar-refractivity contribution >= 4 is 23.4 Å². The van der Waals surface area contributed by atoms with Crippen molar-refractivity contribution < 1.29 is 23.9 Å². The molecule has 8 heteroatoms. The van der Waals surface area contributed by atoms with Gasteiger partial charge in [0.1, 0.15) is 6.17 Å². The topological polar surface area (TPSA) is 88.2 Å². The lowest BCUT2D eigenvalue weighted by Crippen LogP contribution is -2.49. The molecule has 1 atom stereocenters. The van der Waals surface area contributed by atoms with Crippen LogP contribution in [-0.4, -0.2) is 43.4 Å². The number of carbonyl (C=O) groups is 3. The number of rotatable bonds is 7. The molecule has 3 amide bonds. The van der Waals surface area contributed by atoms with Gasteiger partial charge in [-0.3, -0.25) is 19.3 Å². The van der Waals surface area contributed by atoms with Gasteiger partial charge in [0.05, 0.1) is 25.5 Å². The molecule has 2 aliphatic heterocycles. The average Bonchev–Trinajstić information content (AvgIpc) is 3.19. The largest absolute Gasteiger partial charge is 0.493 e. The highest BCUT2D eigenvalue weighted by molar-refractivity contribution is 6.16. The normalized spacial score (nSPS) is 15.9. The van der Waals surface area contributed by atoms with Gasteiger partial charge in [0.15, 0.2) is 11.5 Å². The van der Waals surface area contributed by atoms with Crippen LogP contribution >= 0.6 is 0 Å². The van der Waals surface area contributed by atoms with E-state index in [9.17, 15) is 14.4 Å². The summed E-state index contributed by atoms with van der Waals surface area (Å²) in [5.74, 6) is 0.659. The second-order valence-electron chi connectivity index (χ2n) is 8.37. The minimum Gasteiger partial charge on any atom is -0.493 e. The quantitative estimate of drug-likeness (QED) is 0.570. The molecule has 0 fully saturated rings. The Kier molecular flexibility index (Phi) is 5.86. The summed E-state index contributed by atoms with van der Waals surface area (Å²) in [7, 11) is 3.13. The summed E-state index contributed by atoms with van der Waals surface area (Å²) in [6.07, 6.45) is -0.471. The lowest BCUT2D eigenvalue weighted by molar-refractivity contribution is -0.121. The molecule has 1 unspecified atom stereocenters. The van der Waals surface area contributed by atoms with E-state index in [4.69, 9.17) is 9.47 Å². The second-order valence-corrected chi connectivity index (χ2v) is 8.37. The molecule has 3 aromatic carbocycles. The number of para-hydroxylation sites is 1. The molecule has 178 valence electrons. The van der Waals surface area contributed by atoms with E-state index in [0.717, 1.165) is 11.1 Å². The fourth-order valence-corrected chi connectivity index (χ4v) is 4.70. The Morgan fingerprint density at radius 2 is 1.60 bits per heavy atom. The molecule has 0 spiro atoms. The molecule has 35 heavy (non-hydrogen) atoms. The van der Waals surface area contributed by atoms with E-state index in [2.05, 4.69) is 5.32 Å². The lowest BCUT2D eigenvalue weighted by Gasteiger charge is -2.40. The van der Waals surface area contributed by atoms with Gasteiger partial charge in [0, 0.05) is 30.6 Å². The molecule has 0 saturated carbocycles. The number of hydrogen-bond donors (Lipinski definition) is 1. The van der Waals surface area contributed by atoms with Crippen LogP contribution in [0.1, 0.15) is 44.4 Å². The third-order valence-electron chi connectivity index (χ3n) is 6.40. The van der Waals surface area contributed by atoms with Gasteiger partial charge in [0.2, 0.25) is 5.91 Å². The van der Waals surface area contributed by atoms with Crippen LogP contribution in [-0.2, 0) is 11.3 Å². The zero-order valence-corrected chi connectivity index (χ0v) is 19.5. The maximum absolute atomic E-state index is 13.4. The predicted molar refractivity (Wildman–Crippen MR) is 129 cm³/mol. The van der Waals surface area contributed by atoms with Gasteiger partial charge in [-0.2, -0.15) is 0 Å². The van der Waals surface area contributed by atoms with Crippen molar-refractivity contribution in [2.45, 2.75) is 19.1 Å². The van der Waals surface area contributed by atoms with E-state index in [1.54, 1.807) is 54.4 Å². The van der Waals surface area contributed by atoms with Crippen molar-refractivity contribution in [3.05, 3.63) is 89.0 Å². The van der Waals surface area contributed by atoms with Gasteiger partial charge in [0.25, 0.3) is 11.8 Å². The van der Waals surface area contributed by atoms with E-state index >= 15 is 0 Å². The first kappa shape index (κ1) is 22.5. The zero-order valence-electron chi connectivity index (χ0n) is 19.5. The molecular weight excluding hydrogens is 446 g/mol. The highest BCUT2D eigenvalue weighted by Gasteiger charge is 2.47. The number of hydrogen-bond acceptors (Lipinski definition) is 5. The summed E-state index contributed by atoms with van der Waals surface area (Å²) in [4.78, 5) is 42.6. The Balaban J connectivity index is 1.33. The first-order valence-electron chi connectivity index (χ1n) is 11.3. The summed E-state index contributed by atoms with van der Waals surface area (Å²) in [5.41, 5.74) is 3.25. The van der Waals surface area contributed by atoms with Crippen molar-refractivity contribution in [1.82, 2.24) is 10.2 Å². The summed E-state index contributed by atoms with van der Waals surface area (Å²) < 4.78 is 10.6. The lowest BCUT2D eigenvalue weighted by atomic mass is 10.0. The number of carbonyl (C=O) groups excluding carboxylic acids is 3. The molecular formula is C27H25N3O5. The van der Waals surface area contributed by atoms with Gasteiger partial charge in [-0.25, -0.2) is 0 Å². The standard InChI is InChI=1S/C27H25N3O5/c1-34-22-12-11-17(15-23(22)35-2)16-28-24(31)13-14-29-25-18-7-3-4-8-19(18)27(33)30(25)21-10-6-5-9-20(21)26(29)32/h3-12,15,25H,13-14,16H2,1-2H3,(H,28,31). The smallest absolute Gasteiger partial charge is 0.260 e. The average molecular weight is 472 g/mol. The molecule has 8 nitrogen and oxygen atoms in total. The summed E-state index contributed by atoms with van der Waals surface area (Å²) >= 11 is 0. The fraction of sp³-hybridized carbons (Fsp3) is 0.222. The van der Waals surface area contributed by atoms with Crippen LogP contribution in [0.4, 0.5) is 5.69 Å². The van der Waals surface area contributed by atoms with Crippen molar-refractivity contribution in [1.29, 1.82) is 0 Å². The summed E-state index contributed by atoms with van der Waals surface area (Å²) in [6, 6.07) is 19.9. The van der Waals surface area contributed by atoms with Crippen LogP contribution in [0.5, 0.6) is 11.5 Å². The van der Waals surface area contributed by atoms with Crippen molar-refractivity contribution in [3.8, 4) is 11.5 Å². The number of methoxy groups -OCH3 is 2. The Morgan fingerprint density at radius 3 is 2.37 bits per heavy atom. The highest BCUT2D eigenvalue weighted by atomic mass is 16.5. The molecule has 5 rings (SSSR count). The molecule has 0 aromatic heterocycles. The van der Waals surface area contributed by atoms with Crippen molar-refractivity contribution in [2.24, 2.45) is 0 Å². The second kappa shape index (κ2) is 9.13. The van der Waals surface area contributed by atoms with Gasteiger partial charge < -0.3 is 19.7 Å². The van der Waals surface area contributed by atoms with Crippen molar-refractivity contribution in [2.75, 3.05) is 25.7 Å². The SMILES string of the molecule is COc1ccc(CNC(=O)CCN2C(=O)c3ccccc3N3C(=O)c4ccccc4C23)cc1OC.